The summed E-state index contributed by atoms with van der Waals surface area (Å²) in [6.07, 6.45) is 5.62. The number of rotatable bonds is 9. The Bertz CT molecular complexity index is 1310. The fourth-order valence-corrected chi connectivity index (χ4v) is 5.96. The van der Waals surface area contributed by atoms with Crippen molar-refractivity contribution < 1.29 is 9.53 Å². The number of piperidine rings is 1. The molecular formula is C31H39N5O2S. The first kappa shape index (κ1) is 27.3. The molecule has 1 saturated heterocycles. The molecule has 2 aliphatic rings. The Hall–Kier alpha value is -3.23. The third kappa shape index (κ3) is 7.25. The lowest BCUT2D eigenvalue weighted by Crippen LogP contribution is -2.36. The van der Waals surface area contributed by atoms with Crippen molar-refractivity contribution in [1.29, 1.82) is 0 Å². The summed E-state index contributed by atoms with van der Waals surface area (Å²) in [4.78, 5) is 20.4. The molecule has 0 radical (unpaired) electrons. The van der Waals surface area contributed by atoms with Gasteiger partial charge < -0.3 is 25.6 Å². The summed E-state index contributed by atoms with van der Waals surface area (Å²) in [5.74, 6) is 1.94. The number of amides is 1. The Morgan fingerprint density at radius 1 is 1.13 bits per heavy atom. The molecule has 8 heteroatoms. The van der Waals surface area contributed by atoms with E-state index in [9.17, 15) is 4.79 Å². The number of pyridine rings is 1. The van der Waals surface area contributed by atoms with E-state index in [1.54, 1.807) is 30.1 Å². The first-order valence-corrected chi connectivity index (χ1v) is 14.7. The monoisotopic (exact) mass is 545 g/mol. The molecule has 0 saturated carbocycles. The lowest BCUT2D eigenvalue weighted by molar-refractivity contribution is -0.121. The Labute approximate surface area is 236 Å². The normalized spacial score (nSPS) is 17.8. The van der Waals surface area contributed by atoms with E-state index in [4.69, 9.17) is 4.74 Å². The maximum absolute atomic E-state index is 12.7. The topological polar surface area (TPSA) is 78.5 Å². The molecule has 1 amide bonds. The van der Waals surface area contributed by atoms with Crippen molar-refractivity contribution in [2.45, 2.75) is 56.8 Å². The number of aromatic nitrogens is 1. The summed E-state index contributed by atoms with van der Waals surface area (Å²) in [6, 6.07) is 18.4. The van der Waals surface area contributed by atoms with Gasteiger partial charge in [-0.2, -0.15) is 0 Å². The van der Waals surface area contributed by atoms with Crippen LogP contribution in [0.15, 0.2) is 65.7 Å². The van der Waals surface area contributed by atoms with Gasteiger partial charge in [-0.05, 0) is 80.7 Å². The molecule has 3 aromatic rings. The highest BCUT2D eigenvalue weighted by Gasteiger charge is 2.24. The molecule has 2 aliphatic heterocycles. The Morgan fingerprint density at radius 2 is 1.92 bits per heavy atom. The van der Waals surface area contributed by atoms with Crippen LogP contribution < -0.4 is 20.7 Å². The van der Waals surface area contributed by atoms with Crippen molar-refractivity contribution in [3.8, 4) is 11.5 Å². The minimum Gasteiger partial charge on any atom is -0.457 e. The predicted molar refractivity (Wildman–Crippen MR) is 161 cm³/mol. The summed E-state index contributed by atoms with van der Waals surface area (Å²) >= 11 is 1.75. The number of ether oxygens (including phenoxy) is 1. The first-order chi connectivity index (χ1) is 18.8. The average Bonchev–Trinajstić information content (AvgIpc) is 3.30. The van der Waals surface area contributed by atoms with Crippen molar-refractivity contribution in [2.75, 3.05) is 36.1 Å². The molecule has 1 atom stereocenters. The number of hydrogen-bond acceptors (Lipinski definition) is 7. The molecule has 5 rings (SSSR count). The number of thioether (sulfide) groups is 1. The number of likely N-dealkylation sites (tertiary alicyclic amines) is 1. The van der Waals surface area contributed by atoms with Crippen LogP contribution in [-0.4, -0.2) is 41.4 Å². The van der Waals surface area contributed by atoms with Gasteiger partial charge >= 0.3 is 0 Å². The third-order valence-electron chi connectivity index (χ3n) is 7.65. The van der Waals surface area contributed by atoms with Gasteiger partial charge in [-0.3, -0.25) is 4.79 Å². The maximum Gasteiger partial charge on any atom is 0.228 e. The fraction of sp³-hybridized carbons (Fsp3) is 0.419. The van der Waals surface area contributed by atoms with Crippen molar-refractivity contribution >= 4 is 34.9 Å². The molecule has 0 bridgehead atoms. The Morgan fingerprint density at radius 3 is 2.72 bits per heavy atom. The average molecular weight is 546 g/mol. The van der Waals surface area contributed by atoms with Gasteiger partial charge in [0.25, 0.3) is 0 Å². The molecule has 3 heterocycles. The van der Waals surface area contributed by atoms with E-state index in [0.717, 1.165) is 55.9 Å². The first-order valence-electron chi connectivity index (χ1n) is 13.8. The summed E-state index contributed by atoms with van der Waals surface area (Å²) in [6.45, 7) is 8.77. The van der Waals surface area contributed by atoms with Crippen LogP contribution in [0.5, 0.6) is 11.5 Å². The van der Waals surface area contributed by atoms with Gasteiger partial charge in [0.2, 0.25) is 5.91 Å². The maximum atomic E-state index is 12.7. The molecule has 39 heavy (non-hydrogen) atoms. The molecule has 7 nitrogen and oxygen atoms in total. The third-order valence-corrected chi connectivity index (χ3v) is 8.74. The van der Waals surface area contributed by atoms with Crippen LogP contribution in [0, 0.1) is 11.3 Å². The van der Waals surface area contributed by atoms with Crippen molar-refractivity contribution in [2.24, 2.45) is 11.3 Å². The Balaban J connectivity index is 1.18. The largest absolute Gasteiger partial charge is 0.457 e. The van der Waals surface area contributed by atoms with Gasteiger partial charge in [0.1, 0.15) is 22.8 Å². The zero-order valence-electron chi connectivity index (χ0n) is 23.3. The highest BCUT2D eigenvalue weighted by molar-refractivity contribution is 8.00. The molecule has 206 valence electrons. The molecule has 1 unspecified atom stereocenters. The number of carbonyl (C=O) groups excluding carboxylic acids is 1. The van der Waals surface area contributed by atoms with Crippen molar-refractivity contribution in [3.05, 3.63) is 66.4 Å². The molecule has 3 N–H and O–H groups in total. The zero-order chi connectivity index (χ0) is 27.4. The highest BCUT2D eigenvalue weighted by atomic mass is 32.2. The van der Waals surface area contributed by atoms with Crippen LogP contribution in [0.2, 0.25) is 0 Å². The van der Waals surface area contributed by atoms with Crippen LogP contribution >= 0.6 is 11.8 Å². The predicted octanol–water partition coefficient (Wildman–Crippen LogP) is 7.05. The summed E-state index contributed by atoms with van der Waals surface area (Å²) < 4.78 is 6.14. The minimum atomic E-state index is 0.0278. The number of benzene rings is 2. The van der Waals surface area contributed by atoms with Crippen LogP contribution in [-0.2, 0) is 11.2 Å². The number of fused-ring (bicyclic) bond motifs is 1. The van der Waals surface area contributed by atoms with E-state index in [-0.39, 0.29) is 17.3 Å². The summed E-state index contributed by atoms with van der Waals surface area (Å²) in [5.41, 5.74) is 3.82. The van der Waals surface area contributed by atoms with E-state index < -0.39 is 0 Å². The number of nitrogens with zero attached hydrogens (tertiary/aromatic N) is 2. The SMILES string of the molecule is CCC(C)(C)Cc1cccc(NC2Nc3cc(Oc4ccnc(NC(=O)C5CCN(C)CC5)c4)ccc3S2)c1. The van der Waals surface area contributed by atoms with Crippen LogP contribution in [0.1, 0.15) is 45.6 Å². The highest BCUT2D eigenvalue weighted by Crippen LogP contribution is 2.41. The van der Waals surface area contributed by atoms with Gasteiger partial charge in [-0.25, -0.2) is 4.98 Å². The van der Waals surface area contributed by atoms with E-state index >= 15 is 0 Å². The van der Waals surface area contributed by atoms with Crippen molar-refractivity contribution in [1.82, 2.24) is 9.88 Å². The van der Waals surface area contributed by atoms with Gasteiger partial charge in [0.15, 0.2) is 0 Å². The van der Waals surface area contributed by atoms with Gasteiger partial charge in [-0.15, -0.1) is 0 Å². The lowest BCUT2D eigenvalue weighted by Gasteiger charge is -2.27. The molecule has 0 spiro atoms. The second-order valence-corrected chi connectivity index (χ2v) is 12.5. The van der Waals surface area contributed by atoms with Gasteiger partial charge in [0, 0.05) is 34.8 Å². The van der Waals surface area contributed by atoms with Crippen molar-refractivity contribution in [3.63, 3.8) is 0 Å². The standard InChI is InChI=1S/C31H39N5O2S/c1-5-31(2,3)20-21-7-6-8-23(17-21)33-30-34-26-18-24(9-10-27(26)39-30)38-25-11-14-32-28(19-25)35-29(37)22-12-15-36(4)16-13-22/h6-11,14,17-19,22,30,33-34H,5,12-13,15-16,20H2,1-4H3,(H,32,35,37). The number of carbonyl (C=O) groups is 1. The van der Waals surface area contributed by atoms with E-state index in [1.807, 2.05) is 12.1 Å². The second kappa shape index (κ2) is 11.9. The number of anilines is 3. The lowest BCUT2D eigenvalue weighted by atomic mass is 9.83. The fourth-order valence-electron chi connectivity index (χ4n) is 4.93. The molecule has 0 aliphatic carbocycles. The Kier molecular flexibility index (Phi) is 8.33. The number of hydrogen-bond donors (Lipinski definition) is 3. The van der Waals surface area contributed by atoms with Crippen LogP contribution in [0.4, 0.5) is 17.2 Å². The van der Waals surface area contributed by atoms with Crippen LogP contribution in [0.3, 0.4) is 0 Å². The second-order valence-electron chi connectivity index (χ2n) is 11.4. The van der Waals surface area contributed by atoms with E-state index in [2.05, 4.69) is 84.0 Å². The summed E-state index contributed by atoms with van der Waals surface area (Å²) in [5, 5.41) is 10.2. The van der Waals surface area contributed by atoms with Crippen LogP contribution in [0.25, 0.3) is 0 Å². The van der Waals surface area contributed by atoms with Gasteiger partial charge in [0.05, 0.1) is 5.69 Å². The minimum absolute atomic E-state index is 0.0278. The van der Waals surface area contributed by atoms with Gasteiger partial charge in [-0.1, -0.05) is 51.1 Å². The molecule has 1 aromatic heterocycles. The molecule has 1 fully saturated rings. The smallest absolute Gasteiger partial charge is 0.228 e. The molecule has 2 aromatic carbocycles. The van der Waals surface area contributed by atoms with E-state index in [1.165, 1.54) is 10.5 Å². The van der Waals surface area contributed by atoms with E-state index in [0.29, 0.717) is 17.0 Å². The zero-order valence-corrected chi connectivity index (χ0v) is 24.1. The number of nitrogens with one attached hydrogen (secondary N) is 3. The molecular weight excluding hydrogens is 506 g/mol. The summed E-state index contributed by atoms with van der Waals surface area (Å²) in [7, 11) is 2.09. The quantitative estimate of drug-likeness (QED) is 0.266.